The first-order valence-corrected chi connectivity index (χ1v) is 6.27. The normalized spacial score (nSPS) is 12.5. The van der Waals surface area contributed by atoms with Crippen LogP contribution in [0.5, 0.6) is 5.88 Å². The molecule has 1 heterocycles. The van der Waals surface area contributed by atoms with Crippen molar-refractivity contribution in [3.8, 4) is 5.88 Å². The second kappa shape index (κ2) is 4.39. The minimum Gasteiger partial charge on any atom is -0.481 e. The molecule has 0 unspecified atom stereocenters. The maximum atomic E-state index is 11.9. The van der Waals surface area contributed by atoms with E-state index in [1.54, 1.807) is 20.8 Å². The van der Waals surface area contributed by atoms with E-state index in [4.69, 9.17) is 4.74 Å². The van der Waals surface area contributed by atoms with Crippen molar-refractivity contribution in [3.05, 3.63) is 18.3 Å². The molecule has 90 valence electrons. The molecule has 0 fully saturated rings. The smallest absolute Gasteiger partial charge is 0.242 e. The standard InChI is InChI=1S/C10H16N2O3S/c1-10(2,3)12-16(13,14)8-5-6-9(15-4)11-7-8/h5-7,12H,1-4H3. The predicted molar refractivity (Wildman–Crippen MR) is 60.9 cm³/mol. The van der Waals surface area contributed by atoms with E-state index in [1.807, 2.05) is 0 Å². The molecule has 0 aliphatic rings. The highest BCUT2D eigenvalue weighted by molar-refractivity contribution is 7.89. The number of aromatic nitrogens is 1. The maximum absolute atomic E-state index is 11.9. The summed E-state index contributed by atoms with van der Waals surface area (Å²) < 4.78 is 31.1. The summed E-state index contributed by atoms with van der Waals surface area (Å²) in [7, 11) is -2.03. The molecule has 0 amide bonds. The Bertz CT molecular complexity index is 446. The molecular formula is C10H16N2O3S. The first-order chi connectivity index (χ1) is 7.24. The fraction of sp³-hybridized carbons (Fsp3) is 0.500. The van der Waals surface area contributed by atoms with Crippen LogP contribution in [0.2, 0.25) is 0 Å². The number of rotatable bonds is 3. The van der Waals surface area contributed by atoms with Gasteiger partial charge in [0.15, 0.2) is 0 Å². The fourth-order valence-electron chi connectivity index (χ4n) is 1.11. The minimum absolute atomic E-state index is 0.128. The molecule has 0 bridgehead atoms. The first-order valence-electron chi connectivity index (χ1n) is 4.79. The van der Waals surface area contributed by atoms with E-state index < -0.39 is 15.6 Å². The average molecular weight is 244 g/mol. The zero-order valence-corrected chi connectivity index (χ0v) is 10.6. The van der Waals surface area contributed by atoms with Crippen LogP contribution in [0.25, 0.3) is 0 Å². The largest absolute Gasteiger partial charge is 0.481 e. The number of pyridine rings is 1. The molecule has 16 heavy (non-hydrogen) atoms. The molecule has 1 rings (SSSR count). The van der Waals surface area contributed by atoms with Gasteiger partial charge in [0.25, 0.3) is 0 Å². The van der Waals surface area contributed by atoms with E-state index >= 15 is 0 Å². The van der Waals surface area contributed by atoms with Gasteiger partial charge in [0, 0.05) is 11.6 Å². The average Bonchev–Trinajstić information content (AvgIpc) is 2.14. The predicted octanol–water partition coefficient (Wildman–Crippen LogP) is 1.17. The summed E-state index contributed by atoms with van der Waals surface area (Å²) in [5.74, 6) is 0.384. The van der Waals surface area contributed by atoms with Crippen molar-refractivity contribution < 1.29 is 13.2 Å². The Morgan fingerprint density at radius 2 is 1.94 bits per heavy atom. The van der Waals surface area contributed by atoms with Crippen molar-refractivity contribution in [2.75, 3.05) is 7.11 Å². The van der Waals surface area contributed by atoms with E-state index in [9.17, 15) is 8.42 Å². The molecule has 1 aromatic heterocycles. The number of hydrogen-bond donors (Lipinski definition) is 1. The van der Waals surface area contributed by atoms with Crippen LogP contribution in [-0.2, 0) is 10.0 Å². The van der Waals surface area contributed by atoms with Gasteiger partial charge in [0.2, 0.25) is 15.9 Å². The second-order valence-electron chi connectivity index (χ2n) is 4.39. The Morgan fingerprint density at radius 3 is 2.31 bits per heavy atom. The molecule has 5 nitrogen and oxygen atoms in total. The third-order valence-corrected chi connectivity index (χ3v) is 3.41. The highest BCUT2D eigenvalue weighted by atomic mass is 32.2. The zero-order chi connectivity index (χ0) is 12.4. The highest BCUT2D eigenvalue weighted by Crippen LogP contribution is 2.14. The van der Waals surface area contributed by atoms with Gasteiger partial charge in [0.05, 0.1) is 13.3 Å². The molecule has 0 radical (unpaired) electrons. The summed E-state index contributed by atoms with van der Waals surface area (Å²) in [5, 5.41) is 0. The lowest BCUT2D eigenvalue weighted by Crippen LogP contribution is -2.40. The Labute approximate surface area is 95.9 Å². The zero-order valence-electron chi connectivity index (χ0n) is 9.81. The molecule has 1 N–H and O–H groups in total. The molecule has 0 saturated carbocycles. The fourth-order valence-corrected chi connectivity index (χ4v) is 2.47. The molecule has 0 spiro atoms. The third kappa shape index (κ3) is 3.46. The first kappa shape index (κ1) is 12.9. The summed E-state index contributed by atoms with van der Waals surface area (Å²) in [6.07, 6.45) is 1.27. The van der Waals surface area contributed by atoms with Gasteiger partial charge < -0.3 is 4.74 Å². The van der Waals surface area contributed by atoms with Gasteiger partial charge in [-0.1, -0.05) is 0 Å². The van der Waals surface area contributed by atoms with Crippen molar-refractivity contribution in [3.63, 3.8) is 0 Å². The van der Waals surface area contributed by atoms with Crippen molar-refractivity contribution in [1.29, 1.82) is 0 Å². The van der Waals surface area contributed by atoms with Crippen LogP contribution in [0.1, 0.15) is 20.8 Å². The summed E-state index contributed by atoms with van der Waals surface area (Å²) in [6, 6.07) is 2.97. The number of methoxy groups -OCH3 is 1. The summed E-state index contributed by atoms with van der Waals surface area (Å²) in [5.41, 5.74) is -0.515. The number of nitrogens with one attached hydrogen (secondary N) is 1. The van der Waals surface area contributed by atoms with Crippen molar-refractivity contribution in [1.82, 2.24) is 9.71 Å². The van der Waals surface area contributed by atoms with Crippen LogP contribution < -0.4 is 9.46 Å². The quantitative estimate of drug-likeness (QED) is 0.866. The van der Waals surface area contributed by atoms with E-state index in [2.05, 4.69) is 9.71 Å². The summed E-state index contributed by atoms with van der Waals surface area (Å²) in [4.78, 5) is 3.98. The van der Waals surface area contributed by atoms with Crippen LogP contribution in [0.3, 0.4) is 0 Å². The van der Waals surface area contributed by atoms with Crippen LogP contribution in [-0.4, -0.2) is 26.1 Å². The molecular weight excluding hydrogens is 228 g/mol. The highest BCUT2D eigenvalue weighted by Gasteiger charge is 2.22. The monoisotopic (exact) mass is 244 g/mol. The van der Waals surface area contributed by atoms with Crippen LogP contribution in [0.15, 0.2) is 23.2 Å². The van der Waals surface area contributed by atoms with Gasteiger partial charge in [0.1, 0.15) is 4.90 Å². The van der Waals surface area contributed by atoms with E-state index in [0.29, 0.717) is 5.88 Å². The van der Waals surface area contributed by atoms with Crippen molar-refractivity contribution >= 4 is 10.0 Å². The van der Waals surface area contributed by atoms with Crippen LogP contribution >= 0.6 is 0 Å². The number of hydrogen-bond acceptors (Lipinski definition) is 4. The molecule has 6 heteroatoms. The Balaban J connectivity index is 2.99. The summed E-state index contributed by atoms with van der Waals surface area (Å²) in [6.45, 7) is 5.34. The molecule has 0 atom stereocenters. The minimum atomic E-state index is -3.51. The number of nitrogens with zero attached hydrogens (tertiary/aromatic N) is 1. The number of sulfonamides is 1. The van der Waals surface area contributed by atoms with Crippen LogP contribution in [0.4, 0.5) is 0 Å². The lowest BCUT2D eigenvalue weighted by atomic mass is 10.1. The van der Waals surface area contributed by atoms with Crippen molar-refractivity contribution in [2.45, 2.75) is 31.2 Å². The second-order valence-corrected chi connectivity index (χ2v) is 6.07. The SMILES string of the molecule is COc1ccc(S(=O)(=O)NC(C)(C)C)cn1. The summed E-state index contributed by atoms with van der Waals surface area (Å²) >= 11 is 0. The van der Waals surface area contributed by atoms with Gasteiger partial charge in [-0.3, -0.25) is 0 Å². The molecule has 0 aromatic carbocycles. The van der Waals surface area contributed by atoms with Gasteiger partial charge in [-0.05, 0) is 26.8 Å². The van der Waals surface area contributed by atoms with Crippen molar-refractivity contribution in [2.24, 2.45) is 0 Å². The van der Waals surface area contributed by atoms with E-state index in [-0.39, 0.29) is 4.90 Å². The molecule has 0 aliphatic carbocycles. The van der Waals surface area contributed by atoms with Gasteiger partial charge in [-0.2, -0.15) is 0 Å². The lowest BCUT2D eigenvalue weighted by Gasteiger charge is -2.20. The van der Waals surface area contributed by atoms with E-state index in [1.165, 1.54) is 25.4 Å². The number of ether oxygens (including phenoxy) is 1. The third-order valence-electron chi connectivity index (χ3n) is 1.67. The maximum Gasteiger partial charge on any atom is 0.242 e. The van der Waals surface area contributed by atoms with Gasteiger partial charge >= 0.3 is 0 Å². The van der Waals surface area contributed by atoms with Crippen LogP contribution in [0, 0.1) is 0 Å². The molecule has 1 aromatic rings. The Morgan fingerprint density at radius 1 is 1.31 bits per heavy atom. The van der Waals surface area contributed by atoms with E-state index in [0.717, 1.165) is 0 Å². The topological polar surface area (TPSA) is 68.3 Å². The lowest BCUT2D eigenvalue weighted by molar-refractivity contribution is 0.397. The Kier molecular flexibility index (Phi) is 3.54. The van der Waals surface area contributed by atoms with Gasteiger partial charge in [-0.25, -0.2) is 18.1 Å². The molecule has 0 aliphatic heterocycles. The van der Waals surface area contributed by atoms with Gasteiger partial charge in [-0.15, -0.1) is 0 Å². The molecule has 0 saturated heterocycles. The Hall–Kier alpha value is -1.14.